The first-order chi connectivity index (χ1) is 5.15. The van der Waals surface area contributed by atoms with Gasteiger partial charge in [-0.1, -0.05) is 5.57 Å². The van der Waals surface area contributed by atoms with Crippen molar-refractivity contribution in [1.82, 2.24) is 0 Å². The van der Waals surface area contributed by atoms with Crippen molar-refractivity contribution in [3.63, 3.8) is 0 Å². The number of rotatable bonds is 0. The van der Waals surface area contributed by atoms with E-state index in [4.69, 9.17) is 4.79 Å². The Balaban J connectivity index is -0.0000000315. The van der Waals surface area contributed by atoms with Crippen LogP contribution in [0.25, 0.3) is 0 Å². The summed E-state index contributed by atoms with van der Waals surface area (Å²) in [6, 6.07) is 0. The van der Waals surface area contributed by atoms with Gasteiger partial charge in [0.05, 0.1) is 0 Å². The maximum absolute atomic E-state index is 8.00. The summed E-state index contributed by atoms with van der Waals surface area (Å²) < 4.78 is 0. The molecule has 0 aliphatic rings. The van der Waals surface area contributed by atoms with Gasteiger partial charge < -0.3 is 9.79 Å². The fourth-order valence-corrected chi connectivity index (χ4v) is 0. The molecular weight excluding hydrogens is 138 g/mol. The van der Waals surface area contributed by atoms with Gasteiger partial charge in [0.15, 0.2) is 0 Å². The molecule has 0 aromatic heterocycles. The van der Waals surface area contributed by atoms with Gasteiger partial charge in [0.2, 0.25) is 0 Å². The van der Waals surface area contributed by atoms with Gasteiger partial charge in [-0.15, -0.1) is 19.7 Å². The zero-order valence-electron chi connectivity index (χ0n) is 7.89. The predicted octanol–water partition coefficient (Wildman–Crippen LogP) is 2.52. The molecule has 0 rings (SSSR count). The zero-order chi connectivity index (χ0) is 10.3. The Morgan fingerprint density at radius 1 is 1.18 bits per heavy atom. The van der Waals surface area contributed by atoms with Crippen LogP contribution in [-0.2, 0) is 4.79 Å². The molecule has 0 saturated carbocycles. The molecule has 0 aliphatic carbocycles. The molecule has 0 aromatic carbocycles. The van der Waals surface area contributed by atoms with Crippen LogP contribution in [0, 0.1) is 0 Å². The largest absolute Gasteiger partial charge is 0.307 e. The third kappa shape index (κ3) is 295. The molecule has 0 radical (unpaired) electrons. The molecule has 2 nitrogen and oxygen atoms in total. The third-order valence-corrected chi connectivity index (χ3v) is 0. The first-order valence-corrected chi connectivity index (χ1v) is 2.91. The van der Waals surface area contributed by atoms with E-state index in [2.05, 4.69) is 31.4 Å². The van der Waals surface area contributed by atoms with E-state index >= 15 is 0 Å². The summed E-state index contributed by atoms with van der Waals surface area (Å²) in [5.41, 5.74) is 1.17. The summed E-state index contributed by atoms with van der Waals surface area (Å²) in [4.78, 5) is 11.2. The maximum Gasteiger partial charge on any atom is 0.106 e. The Labute approximate surface area is 70.4 Å². The minimum absolute atomic E-state index is 1.17. The lowest BCUT2D eigenvalue weighted by atomic mass is 10.4. The van der Waals surface area contributed by atoms with Crippen LogP contribution in [0.3, 0.4) is 0 Å². The summed E-state index contributed by atoms with van der Waals surface area (Å²) >= 11 is 0. The van der Waals surface area contributed by atoms with E-state index in [9.17, 15) is 0 Å². The number of hydrogen-bond acceptors (Lipinski definition) is 2. The molecule has 0 bridgehead atoms. The molecule has 66 valence electrons. The van der Waals surface area contributed by atoms with Crippen molar-refractivity contribution < 1.29 is 4.79 Å². The van der Waals surface area contributed by atoms with Crippen LogP contribution >= 0.6 is 0 Å². The topological polar surface area (TPSA) is 29.4 Å². The SMILES string of the molecule is C=C.C=C(C)C.C=NC.C=O. The summed E-state index contributed by atoms with van der Waals surface area (Å²) in [5.74, 6) is 0. The maximum atomic E-state index is 8.00. The van der Waals surface area contributed by atoms with Crippen LogP contribution in [0.5, 0.6) is 0 Å². The van der Waals surface area contributed by atoms with Gasteiger partial charge in [0.25, 0.3) is 0 Å². The Hall–Kier alpha value is -1.18. The molecule has 2 heteroatoms. The molecule has 0 aliphatic heterocycles. The van der Waals surface area contributed by atoms with Crippen LogP contribution < -0.4 is 0 Å². The molecule has 0 aromatic rings. The van der Waals surface area contributed by atoms with Gasteiger partial charge in [0, 0.05) is 7.05 Å². The van der Waals surface area contributed by atoms with Crippen molar-refractivity contribution in [3.05, 3.63) is 25.3 Å². The van der Waals surface area contributed by atoms with Crippen LogP contribution in [0.1, 0.15) is 13.8 Å². The lowest BCUT2D eigenvalue weighted by Crippen LogP contribution is -1.43. The number of allylic oxidation sites excluding steroid dienone is 1. The Morgan fingerprint density at radius 3 is 1.18 bits per heavy atom. The summed E-state index contributed by atoms with van der Waals surface area (Å²) in [7, 11) is 1.64. The quantitative estimate of drug-likeness (QED) is 0.392. The van der Waals surface area contributed by atoms with Crippen molar-refractivity contribution in [2.75, 3.05) is 7.05 Å². The molecule has 0 atom stereocenters. The van der Waals surface area contributed by atoms with E-state index in [1.54, 1.807) is 7.05 Å². The molecule has 11 heavy (non-hydrogen) atoms. The summed E-state index contributed by atoms with van der Waals surface area (Å²) in [6.45, 7) is 18.6. The molecule has 0 saturated heterocycles. The van der Waals surface area contributed by atoms with Gasteiger partial charge in [0.1, 0.15) is 6.79 Å². The fraction of sp³-hybridized carbons (Fsp3) is 0.333. The first-order valence-electron chi connectivity index (χ1n) is 2.91. The average molecular weight is 157 g/mol. The monoisotopic (exact) mass is 157 g/mol. The van der Waals surface area contributed by atoms with E-state index < -0.39 is 0 Å². The van der Waals surface area contributed by atoms with Gasteiger partial charge in [-0.05, 0) is 20.6 Å². The van der Waals surface area contributed by atoms with Gasteiger partial charge in [-0.25, -0.2) is 0 Å². The molecule has 0 heterocycles. The van der Waals surface area contributed by atoms with Crippen molar-refractivity contribution >= 4 is 13.5 Å². The number of carbonyl (C=O) groups excluding carboxylic acids is 1. The van der Waals surface area contributed by atoms with Crippen molar-refractivity contribution in [3.8, 4) is 0 Å². The van der Waals surface area contributed by atoms with Crippen molar-refractivity contribution in [2.45, 2.75) is 13.8 Å². The average Bonchev–Trinajstić information content (AvgIpc) is 1.96. The summed E-state index contributed by atoms with van der Waals surface area (Å²) in [5, 5.41) is 0. The Bertz CT molecular complexity index is 73.6. The minimum atomic E-state index is 1.17. The van der Waals surface area contributed by atoms with E-state index in [0.717, 1.165) is 0 Å². The number of aliphatic imine (C=N–C) groups is 1. The second-order valence-electron chi connectivity index (χ2n) is 1.52. The van der Waals surface area contributed by atoms with E-state index in [1.165, 1.54) is 5.57 Å². The molecule has 0 amide bonds. The highest BCUT2D eigenvalue weighted by Crippen LogP contribution is 1.73. The smallest absolute Gasteiger partial charge is 0.106 e. The third-order valence-electron chi connectivity index (χ3n) is 0. The number of hydrogen-bond donors (Lipinski definition) is 0. The molecule has 0 N–H and O–H groups in total. The minimum Gasteiger partial charge on any atom is -0.307 e. The second-order valence-corrected chi connectivity index (χ2v) is 1.52. The lowest BCUT2D eigenvalue weighted by molar-refractivity contribution is -0.0979. The van der Waals surface area contributed by atoms with Crippen molar-refractivity contribution in [2.24, 2.45) is 4.99 Å². The molecular formula is C9H19NO. The van der Waals surface area contributed by atoms with Crippen LogP contribution in [0.4, 0.5) is 0 Å². The highest BCUT2D eigenvalue weighted by molar-refractivity contribution is 5.22. The number of nitrogens with zero attached hydrogens (tertiary/aromatic N) is 1. The van der Waals surface area contributed by atoms with Crippen LogP contribution in [-0.4, -0.2) is 20.6 Å². The highest BCUT2D eigenvalue weighted by atomic mass is 16.1. The molecule has 0 spiro atoms. The van der Waals surface area contributed by atoms with Gasteiger partial charge in [-0.2, -0.15) is 0 Å². The molecule has 0 fully saturated rings. The number of carbonyl (C=O) groups is 1. The zero-order valence-corrected chi connectivity index (χ0v) is 7.89. The van der Waals surface area contributed by atoms with Gasteiger partial charge >= 0.3 is 0 Å². The Kier molecular flexibility index (Phi) is 139. The molecule has 0 unspecified atom stereocenters. The predicted molar refractivity (Wildman–Crippen MR) is 54.3 cm³/mol. The van der Waals surface area contributed by atoms with Gasteiger partial charge in [-0.3, -0.25) is 0 Å². The first kappa shape index (κ1) is 22.6. The second kappa shape index (κ2) is 67.8. The van der Waals surface area contributed by atoms with Crippen LogP contribution in [0.15, 0.2) is 30.3 Å². The van der Waals surface area contributed by atoms with E-state index in [-0.39, 0.29) is 0 Å². The highest BCUT2D eigenvalue weighted by Gasteiger charge is 1.51. The van der Waals surface area contributed by atoms with E-state index in [1.807, 2.05) is 20.6 Å². The standard InChI is InChI=1S/C4H8.C2H5N.C2H4.CH2O/c1-4(2)3;1-3-2;2*1-2/h1H2,2-3H3;1H2,2H3;1-2H2;1H2. The Morgan fingerprint density at radius 2 is 1.18 bits per heavy atom. The normalized spacial score (nSPS) is 4.27. The summed E-state index contributed by atoms with van der Waals surface area (Å²) in [6.07, 6.45) is 0. The van der Waals surface area contributed by atoms with Crippen molar-refractivity contribution in [1.29, 1.82) is 0 Å². The van der Waals surface area contributed by atoms with Crippen LogP contribution in [0.2, 0.25) is 0 Å². The lowest BCUT2D eigenvalue weighted by Gasteiger charge is -1.65. The van der Waals surface area contributed by atoms with E-state index in [0.29, 0.717) is 0 Å². The fourth-order valence-electron chi connectivity index (χ4n) is 0.